The average Bonchev–Trinajstić information content (AvgIpc) is 2.20. The lowest BCUT2D eigenvalue weighted by atomic mass is 9.87. The molecule has 1 aromatic rings. The molecule has 2 rings (SSSR count). The van der Waals surface area contributed by atoms with Crippen molar-refractivity contribution in [2.45, 2.75) is 13.8 Å². The fourth-order valence-corrected chi connectivity index (χ4v) is 2.01. The highest BCUT2D eigenvalue weighted by Crippen LogP contribution is 2.28. The van der Waals surface area contributed by atoms with Crippen molar-refractivity contribution in [1.29, 1.82) is 0 Å². The number of aliphatic hydroxyl groups is 1. The van der Waals surface area contributed by atoms with Crippen LogP contribution in [0.4, 0.5) is 5.69 Å². The van der Waals surface area contributed by atoms with Gasteiger partial charge in [-0.2, -0.15) is 0 Å². The Morgan fingerprint density at radius 1 is 1.31 bits per heavy atom. The van der Waals surface area contributed by atoms with E-state index >= 15 is 0 Å². The van der Waals surface area contributed by atoms with E-state index in [1.54, 1.807) is 0 Å². The fraction of sp³-hybridized carbons (Fsp3) is 0.538. The van der Waals surface area contributed by atoms with Crippen LogP contribution in [-0.2, 0) is 4.74 Å². The molecule has 0 amide bonds. The molecule has 0 bridgehead atoms. The van der Waals surface area contributed by atoms with Crippen molar-refractivity contribution in [2.75, 3.05) is 31.7 Å². The molecular weight excluding hydrogens is 202 g/mol. The van der Waals surface area contributed by atoms with Gasteiger partial charge in [0, 0.05) is 12.2 Å². The number of benzene rings is 1. The predicted molar refractivity (Wildman–Crippen MR) is 64.7 cm³/mol. The number of nitrogens with one attached hydrogen (secondary N) is 1. The van der Waals surface area contributed by atoms with Crippen molar-refractivity contribution in [3.63, 3.8) is 0 Å². The van der Waals surface area contributed by atoms with Crippen molar-refractivity contribution >= 4 is 5.69 Å². The molecule has 0 spiro atoms. The molecule has 88 valence electrons. The zero-order valence-corrected chi connectivity index (χ0v) is 9.92. The first-order valence-corrected chi connectivity index (χ1v) is 5.66. The molecule has 1 heterocycles. The van der Waals surface area contributed by atoms with Gasteiger partial charge in [0.1, 0.15) is 0 Å². The summed E-state index contributed by atoms with van der Waals surface area (Å²) in [5.41, 5.74) is 3.60. The molecule has 0 aromatic heterocycles. The summed E-state index contributed by atoms with van der Waals surface area (Å²) in [6.07, 6.45) is 0. The highest BCUT2D eigenvalue weighted by atomic mass is 16.5. The maximum atomic E-state index is 9.33. The normalized spacial score (nSPS) is 17.9. The van der Waals surface area contributed by atoms with Crippen LogP contribution in [0.2, 0.25) is 0 Å². The van der Waals surface area contributed by atoms with Crippen molar-refractivity contribution in [3.05, 3.63) is 29.3 Å². The van der Waals surface area contributed by atoms with Crippen LogP contribution in [0.1, 0.15) is 11.1 Å². The molecule has 2 N–H and O–H groups in total. The maximum absolute atomic E-state index is 9.33. The van der Waals surface area contributed by atoms with E-state index in [9.17, 15) is 5.11 Å². The number of aryl methyl sites for hydroxylation is 2. The molecule has 1 saturated heterocycles. The van der Waals surface area contributed by atoms with Gasteiger partial charge in [-0.05, 0) is 25.0 Å². The molecule has 0 aliphatic carbocycles. The minimum Gasteiger partial charge on any atom is -0.396 e. The minimum atomic E-state index is -0.0747. The van der Waals surface area contributed by atoms with Crippen LogP contribution < -0.4 is 5.32 Å². The number of hydrogen-bond donors (Lipinski definition) is 2. The topological polar surface area (TPSA) is 41.5 Å². The second-order valence-electron chi connectivity index (χ2n) is 4.77. The van der Waals surface area contributed by atoms with Gasteiger partial charge in [0.05, 0.1) is 25.2 Å². The molecule has 0 saturated carbocycles. The highest BCUT2D eigenvalue weighted by molar-refractivity contribution is 5.56. The largest absolute Gasteiger partial charge is 0.396 e. The third-order valence-electron chi connectivity index (χ3n) is 3.27. The Morgan fingerprint density at radius 2 is 1.94 bits per heavy atom. The summed E-state index contributed by atoms with van der Waals surface area (Å²) in [5, 5.41) is 12.8. The summed E-state index contributed by atoms with van der Waals surface area (Å²) >= 11 is 0. The summed E-state index contributed by atoms with van der Waals surface area (Å²) in [4.78, 5) is 0. The third kappa shape index (κ3) is 2.06. The Balaban J connectivity index is 2.04. The van der Waals surface area contributed by atoms with Gasteiger partial charge in [0.25, 0.3) is 0 Å². The number of anilines is 1. The van der Waals surface area contributed by atoms with E-state index in [-0.39, 0.29) is 12.0 Å². The summed E-state index contributed by atoms with van der Waals surface area (Å²) in [6, 6.07) is 6.25. The smallest absolute Gasteiger partial charge is 0.0584 e. The van der Waals surface area contributed by atoms with Crippen LogP contribution in [0.25, 0.3) is 0 Å². The fourth-order valence-electron chi connectivity index (χ4n) is 2.01. The van der Waals surface area contributed by atoms with Gasteiger partial charge in [-0.3, -0.25) is 0 Å². The second-order valence-corrected chi connectivity index (χ2v) is 4.77. The standard InChI is InChI=1S/C13H19NO2/c1-10-4-3-5-11(2)12(10)14-6-13(7-15)8-16-9-13/h3-5,14-15H,6-9H2,1-2H3. The van der Waals surface area contributed by atoms with Crippen LogP contribution in [0.15, 0.2) is 18.2 Å². The number of rotatable bonds is 4. The lowest BCUT2D eigenvalue weighted by Crippen LogP contribution is -2.50. The molecule has 1 aliphatic rings. The Hall–Kier alpha value is -1.06. The first-order chi connectivity index (χ1) is 7.67. The van der Waals surface area contributed by atoms with E-state index in [0.29, 0.717) is 13.2 Å². The van der Waals surface area contributed by atoms with Crippen LogP contribution >= 0.6 is 0 Å². The molecule has 1 aliphatic heterocycles. The Morgan fingerprint density at radius 3 is 2.38 bits per heavy atom. The van der Waals surface area contributed by atoms with Gasteiger partial charge in [-0.25, -0.2) is 0 Å². The van der Waals surface area contributed by atoms with Crippen LogP contribution in [-0.4, -0.2) is 31.5 Å². The van der Waals surface area contributed by atoms with Crippen molar-refractivity contribution < 1.29 is 9.84 Å². The maximum Gasteiger partial charge on any atom is 0.0584 e. The predicted octanol–water partition coefficient (Wildman–Crippen LogP) is 1.72. The summed E-state index contributed by atoms with van der Waals surface area (Å²) in [6.45, 7) is 6.46. The lowest BCUT2D eigenvalue weighted by Gasteiger charge is -2.40. The van der Waals surface area contributed by atoms with Gasteiger partial charge in [-0.15, -0.1) is 0 Å². The summed E-state index contributed by atoms with van der Waals surface area (Å²) in [5.74, 6) is 0. The van der Waals surface area contributed by atoms with E-state index in [1.165, 1.54) is 16.8 Å². The lowest BCUT2D eigenvalue weighted by molar-refractivity contribution is -0.128. The van der Waals surface area contributed by atoms with E-state index in [0.717, 1.165) is 6.54 Å². The molecular formula is C13H19NO2. The zero-order chi connectivity index (χ0) is 11.6. The van der Waals surface area contributed by atoms with E-state index in [4.69, 9.17) is 4.74 Å². The van der Waals surface area contributed by atoms with Gasteiger partial charge in [-0.1, -0.05) is 18.2 Å². The van der Waals surface area contributed by atoms with Crippen molar-refractivity contribution in [1.82, 2.24) is 0 Å². The molecule has 0 atom stereocenters. The Kier molecular flexibility index (Phi) is 3.17. The first-order valence-electron chi connectivity index (χ1n) is 5.66. The van der Waals surface area contributed by atoms with Crippen molar-refractivity contribution in [3.8, 4) is 0 Å². The molecule has 0 unspecified atom stereocenters. The number of hydrogen-bond acceptors (Lipinski definition) is 3. The second kappa shape index (κ2) is 4.44. The molecule has 1 aromatic carbocycles. The van der Waals surface area contributed by atoms with Crippen LogP contribution in [0.5, 0.6) is 0 Å². The molecule has 3 heteroatoms. The van der Waals surface area contributed by atoms with Crippen LogP contribution in [0, 0.1) is 19.3 Å². The molecule has 16 heavy (non-hydrogen) atoms. The summed E-state index contributed by atoms with van der Waals surface area (Å²) < 4.78 is 5.18. The van der Waals surface area contributed by atoms with Gasteiger partial charge < -0.3 is 15.2 Å². The zero-order valence-electron chi connectivity index (χ0n) is 9.92. The van der Waals surface area contributed by atoms with E-state index in [2.05, 4.69) is 37.4 Å². The molecule has 1 fully saturated rings. The van der Waals surface area contributed by atoms with Crippen molar-refractivity contribution in [2.24, 2.45) is 5.41 Å². The first kappa shape index (κ1) is 11.4. The van der Waals surface area contributed by atoms with Gasteiger partial charge in [0.2, 0.25) is 0 Å². The Bertz CT molecular complexity index is 346. The van der Waals surface area contributed by atoms with Gasteiger partial charge >= 0.3 is 0 Å². The molecule has 0 radical (unpaired) electrons. The van der Waals surface area contributed by atoms with E-state index < -0.39 is 0 Å². The Labute approximate surface area is 96.4 Å². The van der Waals surface area contributed by atoms with Crippen LogP contribution in [0.3, 0.4) is 0 Å². The van der Waals surface area contributed by atoms with Gasteiger partial charge in [0.15, 0.2) is 0 Å². The highest BCUT2D eigenvalue weighted by Gasteiger charge is 2.37. The average molecular weight is 221 g/mol. The monoisotopic (exact) mass is 221 g/mol. The number of ether oxygens (including phenoxy) is 1. The van der Waals surface area contributed by atoms with E-state index in [1.807, 2.05) is 0 Å². The quantitative estimate of drug-likeness (QED) is 0.813. The minimum absolute atomic E-state index is 0.0747. The number of aliphatic hydroxyl groups excluding tert-OH is 1. The third-order valence-corrected chi connectivity index (χ3v) is 3.27. The summed E-state index contributed by atoms with van der Waals surface area (Å²) in [7, 11) is 0. The SMILES string of the molecule is Cc1cccc(C)c1NCC1(CO)COC1. The number of para-hydroxylation sites is 1. The molecule has 3 nitrogen and oxygen atoms in total.